The third-order valence-electron chi connectivity index (χ3n) is 3.63. The molecule has 2 rings (SSSR count). The van der Waals surface area contributed by atoms with E-state index in [2.05, 4.69) is 9.71 Å². The van der Waals surface area contributed by atoms with Gasteiger partial charge in [0, 0.05) is 24.4 Å². The molecule has 0 radical (unpaired) electrons. The van der Waals surface area contributed by atoms with E-state index in [4.69, 9.17) is 9.84 Å². The van der Waals surface area contributed by atoms with Gasteiger partial charge in [-0.1, -0.05) is 0 Å². The smallest absolute Gasteiger partial charge is 0.352 e. The maximum atomic E-state index is 12.4. The van der Waals surface area contributed by atoms with Crippen LogP contribution in [0.3, 0.4) is 0 Å². The minimum Gasteiger partial charge on any atom is -0.477 e. The van der Waals surface area contributed by atoms with E-state index in [9.17, 15) is 13.2 Å². The Hall–Kier alpha value is -1.38. The van der Waals surface area contributed by atoms with Gasteiger partial charge in [-0.15, -0.1) is 0 Å². The Kier molecular flexibility index (Phi) is 4.70. The Balaban J connectivity index is 2.17. The highest BCUT2D eigenvalue weighted by Crippen LogP contribution is 2.23. The van der Waals surface area contributed by atoms with Gasteiger partial charge in [-0.2, -0.15) is 0 Å². The summed E-state index contributed by atoms with van der Waals surface area (Å²) in [6, 6.07) is 0. The van der Waals surface area contributed by atoms with Gasteiger partial charge < -0.3 is 14.8 Å². The number of carbonyl (C=O) groups is 1. The molecular weight excluding hydrogens is 296 g/mol. The molecule has 1 atom stereocenters. The molecule has 1 saturated heterocycles. The van der Waals surface area contributed by atoms with Gasteiger partial charge in [-0.25, -0.2) is 17.9 Å². The van der Waals surface area contributed by atoms with Gasteiger partial charge in [0.2, 0.25) is 10.0 Å². The molecule has 0 aliphatic carbocycles. The third kappa shape index (κ3) is 3.45. The van der Waals surface area contributed by atoms with Crippen molar-refractivity contribution in [2.75, 3.05) is 13.2 Å². The van der Waals surface area contributed by atoms with Crippen molar-refractivity contribution in [3.8, 4) is 0 Å². The van der Waals surface area contributed by atoms with Gasteiger partial charge in [0.1, 0.15) is 10.6 Å². The van der Waals surface area contributed by atoms with Crippen molar-refractivity contribution >= 4 is 16.0 Å². The zero-order valence-electron chi connectivity index (χ0n) is 12.1. The number of sulfonamides is 1. The van der Waals surface area contributed by atoms with E-state index in [1.54, 1.807) is 6.92 Å². The van der Waals surface area contributed by atoms with E-state index in [-0.39, 0.29) is 28.8 Å². The number of aromatic nitrogens is 1. The van der Waals surface area contributed by atoms with Crippen LogP contribution in [0.5, 0.6) is 0 Å². The molecule has 21 heavy (non-hydrogen) atoms. The number of aromatic amines is 1. The van der Waals surface area contributed by atoms with Crippen LogP contribution in [-0.2, 0) is 14.8 Å². The lowest BCUT2D eigenvalue weighted by Gasteiger charge is -2.22. The lowest BCUT2D eigenvalue weighted by atomic mass is 10.1. The highest BCUT2D eigenvalue weighted by Gasteiger charge is 2.27. The minimum absolute atomic E-state index is 0.00992. The molecular formula is C13H20N2O5S. The topological polar surface area (TPSA) is 108 Å². The van der Waals surface area contributed by atoms with Crippen LogP contribution in [0.1, 0.15) is 41.0 Å². The number of ether oxygens (including phenoxy) is 1. The lowest BCUT2D eigenvalue weighted by Crippen LogP contribution is -2.35. The van der Waals surface area contributed by atoms with Crippen molar-refractivity contribution in [3.63, 3.8) is 0 Å². The highest BCUT2D eigenvalue weighted by molar-refractivity contribution is 7.89. The summed E-state index contributed by atoms with van der Waals surface area (Å²) < 4.78 is 32.7. The Labute approximate surface area is 123 Å². The molecule has 0 amide bonds. The molecule has 1 aliphatic heterocycles. The third-order valence-corrected chi connectivity index (χ3v) is 5.32. The SMILES string of the molecule is Cc1[nH]c(C(=O)O)c(C)c1S(=O)(=O)NCC1CCCCO1. The average molecular weight is 316 g/mol. The molecule has 3 N–H and O–H groups in total. The standard InChI is InChI=1S/C13H20N2O5S/c1-8-11(13(16)17)15-9(2)12(8)21(18,19)14-7-10-5-3-4-6-20-10/h10,14-15H,3-7H2,1-2H3,(H,16,17). The fourth-order valence-electron chi connectivity index (χ4n) is 2.59. The quantitative estimate of drug-likeness (QED) is 0.756. The molecule has 1 aliphatic rings. The van der Waals surface area contributed by atoms with Crippen LogP contribution < -0.4 is 4.72 Å². The molecule has 0 saturated carbocycles. The number of aryl methyl sites for hydroxylation is 1. The van der Waals surface area contributed by atoms with Crippen LogP contribution in [0, 0.1) is 13.8 Å². The summed E-state index contributed by atoms with van der Waals surface area (Å²) in [5.74, 6) is -1.17. The van der Waals surface area contributed by atoms with Crippen molar-refractivity contribution in [3.05, 3.63) is 17.0 Å². The van der Waals surface area contributed by atoms with E-state index in [0.717, 1.165) is 19.3 Å². The molecule has 1 fully saturated rings. The number of nitrogens with one attached hydrogen (secondary N) is 2. The minimum atomic E-state index is -3.76. The molecule has 0 spiro atoms. The van der Waals surface area contributed by atoms with Crippen LogP contribution in [0.2, 0.25) is 0 Å². The van der Waals surface area contributed by atoms with Crippen LogP contribution >= 0.6 is 0 Å². The number of rotatable bonds is 5. The molecule has 7 nitrogen and oxygen atoms in total. The number of aromatic carboxylic acids is 1. The number of H-pyrrole nitrogens is 1. The van der Waals surface area contributed by atoms with Crippen LogP contribution in [-0.4, -0.2) is 43.7 Å². The van der Waals surface area contributed by atoms with Gasteiger partial charge in [-0.05, 0) is 33.1 Å². The highest BCUT2D eigenvalue weighted by atomic mass is 32.2. The first-order valence-electron chi connectivity index (χ1n) is 6.86. The van der Waals surface area contributed by atoms with E-state index in [1.165, 1.54) is 6.92 Å². The van der Waals surface area contributed by atoms with Crippen LogP contribution in [0.25, 0.3) is 0 Å². The van der Waals surface area contributed by atoms with Crippen molar-refractivity contribution in [1.29, 1.82) is 0 Å². The monoisotopic (exact) mass is 316 g/mol. The molecule has 1 unspecified atom stereocenters. The predicted octanol–water partition coefficient (Wildman–Crippen LogP) is 1.18. The first-order chi connectivity index (χ1) is 9.83. The van der Waals surface area contributed by atoms with E-state index in [0.29, 0.717) is 12.3 Å². The number of hydrogen-bond donors (Lipinski definition) is 3. The van der Waals surface area contributed by atoms with E-state index < -0.39 is 16.0 Å². The summed E-state index contributed by atoms with van der Waals surface area (Å²) in [4.78, 5) is 13.7. The fourth-order valence-corrected chi connectivity index (χ4v) is 4.10. The second kappa shape index (κ2) is 6.17. The van der Waals surface area contributed by atoms with Crippen molar-refractivity contribution in [2.24, 2.45) is 0 Å². The summed E-state index contributed by atoms with van der Waals surface area (Å²) in [7, 11) is -3.76. The molecule has 2 heterocycles. The van der Waals surface area contributed by atoms with Crippen molar-refractivity contribution in [2.45, 2.75) is 44.1 Å². The molecule has 0 aromatic carbocycles. The molecule has 0 bridgehead atoms. The summed E-state index contributed by atoms with van der Waals surface area (Å²) in [6.07, 6.45) is 2.74. The maximum Gasteiger partial charge on any atom is 0.352 e. The number of carboxylic acid groups (broad SMARTS) is 1. The zero-order chi connectivity index (χ0) is 15.6. The van der Waals surface area contributed by atoms with Gasteiger partial charge in [0.05, 0.1) is 6.10 Å². The van der Waals surface area contributed by atoms with E-state index >= 15 is 0 Å². The first kappa shape index (κ1) is 16.0. The largest absolute Gasteiger partial charge is 0.477 e. The summed E-state index contributed by atoms with van der Waals surface area (Å²) in [6.45, 7) is 3.89. The summed E-state index contributed by atoms with van der Waals surface area (Å²) >= 11 is 0. The molecule has 1 aromatic heterocycles. The van der Waals surface area contributed by atoms with E-state index in [1.807, 2.05) is 0 Å². The predicted molar refractivity (Wildman–Crippen MR) is 76.0 cm³/mol. The number of carboxylic acids is 1. The van der Waals surface area contributed by atoms with Crippen LogP contribution in [0.4, 0.5) is 0 Å². The van der Waals surface area contributed by atoms with Gasteiger partial charge in [-0.3, -0.25) is 0 Å². The first-order valence-corrected chi connectivity index (χ1v) is 8.35. The molecule has 8 heteroatoms. The second-order valence-electron chi connectivity index (χ2n) is 5.22. The Morgan fingerprint density at radius 1 is 1.43 bits per heavy atom. The van der Waals surface area contributed by atoms with Gasteiger partial charge in [0.25, 0.3) is 0 Å². The molecule has 1 aromatic rings. The Bertz CT molecular complexity index is 629. The van der Waals surface area contributed by atoms with Crippen molar-refractivity contribution in [1.82, 2.24) is 9.71 Å². The summed E-state index contributed by atoms with van der Waals surface area (Å²) in [5, 5.41) is 9.04. The van der Waals surface area contributed by atoms with Gasteiger partial charge in [0.15, 0.2) is 0 Å². The fraction of sp³-hybridized carbons (Fsp3) is 0.615. The number of hydrogen-bond acceptors (Lipinski definition) is 4. The Morgan fingerprint density at radius 2 is 2.14 bits per heavy atom. The second-order valence-corrected chi connectivity index (χ2v) is 6.93. The maximum absolute atomic E-state index is 12.4. The van der Waals surface area contributed by atoms with Crippen molar-refractivity contribution < 1.29 is 23.1 Å². The average Bonchev–Trinajstić information content (AvgIpc) is 2.74. The summed E-state index contributed by atoms with van der Waals surface area (Å²) in [5.41, 5.74) is 0.445. The van der Waals surface area contributed by atoms with Gasteiger partial charge >= 0.3 is 5.97 Å². The normalized spacial score (nSPS) is 19.6. The zero-order valence-corrected chi connectivity index (χ0v) is 12.9. The Morgan fingerprint density at radius 3 is 2.67 bits per heavy atom. The van der Waals surface area contributed by atoms with Crippen LogP contribution in [0.15, 0.2) is 4.90 Å². The lowest BCUT2D eigenvalue weighted by molar-refractivity contribution is 0.0200. The molecule has 118 valence electrons.